The summed E-state index contributed by atoms with van der Waals surface area (Å²) in [5, 5.41) is 14.2. The maximum absolute atomic E-state index is 11.2. The van der Waals surface area contributed by atoms with Gasteiger partial charge in [0.2, 0.25) is 0 Å². The van der Waals surface area contributed by atoms with Crippen molar-refractivity contribution in [3.8, 4) is 5.69 Å². The van der Waals surface area contributed by atoms with Gasteiger partial charge in [-0.1, -0.05) is 16.0 Å². The minimum absolute atomic E-state index is 0.276. The molecule has 17 heavy (non-hydrogen) atoms. The molecule has 0 saturated carbocycles. The molecular formula is C9H11N6OS+. The maximum atomic E-state index is 11.2. The molecule has 0 atom stereocenters. The average molecular weight is 251 g/mol. The maximum Gasteiger partial charge on any atom is 0.349 e. The fraction of sp³-hybridized carbons (Fsp3) is 0.111. The summed E-state index contributed by atoms with van der Waals surface area (Å²) in [6.07, 6.45) is 0. The van der Waals surface area contributed by atoms with E-state index < -0.39 is 0 Å². The van der Waals surface area contributed by atoms with Crippen molar-refractivity contribution in [2.24, 2.45) is 0 Å². The monoisotopic (exact) mass is 251 g/mol. The fourth-order valence-corrected chi connectivity index (χ4v) is 1.50. The largest absolute Gasteiger partial charge is 0.349 e. The molecule has 0 unspecified atom stereocenters. The molecule has 0 saturated heterocycles. The van der Waals surface area contributed by atoms with Gasteiger partial charge < -0.3 is 10.6 Å². The molecule has 0 aliphatic carbocycles. The van der Waals surface area contributed by atoms with E-state index in [2.05, 4.69) is 26.2 Å². The van der Waals surface area contributed by atoms with E-state index in [0.717, 1.165) is 5.69 Å². The number of nitrogens with one attached hydrogen (secondary N) is 4. The van der Waals surface area contributed by atoms with Crippen molar-refractivity contribution in [2.75, 3.05) is 12.4 Å². The van der Waals surface area contributed by atoms with Gasteiger partial charge in [0, 0.05) is 31.0 Å². The van der Waals surface area contributed by atoms with Gasteiger partial charge >= 0.3 is 10.8 Å². The molecule has 1 aromatic heterocycles. The topological polar surface area (TPSA) is 88.9 Å². The predicted molar refractivity (Wildman–Crippen MR) is 63.4 cm³/mol. The lowest BCUT2D eigenvalue weighted by atomic mass is 10.3. The van der Waals surface area contributed by atoms with E-state index >= 15 is 0 Å². The quantitative estimate of drug-likeness (QED) is 0.679. The van der Waals surface area contributed by atoms with Crippen molar-refractivity contribution in [1.29, 1.82) is 0 Å². The summed E-state index contributed by atoms with van der Waals surface area (Å²) < 4.78 is 2.03. The van der Waals surface area contributed by atoms with Crippen molar-refractivity contribution in [1.82, 2.24) is 20.4 Å². The van der Waals surface area contributed by atoms with E-state index in [1.165, 1.54) is 0 Å². The number of carbonyl (C=O) groups excluding carboxylic acids is 1. The Balaban J connectivity index is 2.32. The number of tetrazole rings is 1. The number of nitrogens with zero attached hydrogens (tertiary/aromatic N) is 2. The first-order valence-electron chi connectivity index (χ1n) is 4.85. The van der Waals surface area contributed by atoms with Crippen LogP contribution in [0.15, 0.2) is 24.3 Å². The van der Waals surface area contributed by atoms with Gasteiger partial charge in [-0.15, -0.1) is 5.10 Å². The van der Waals surface area contributed by atoms with Crippen LogP contribution in [0.1, 0.15) is 0 Å². The lowest BCUT2D eigenvalue weighted by Crippen LogP contribution is -2.24. The van der Waals surface area contributed by atoms with Crippen LogP contribution < -0.4 is 15.7 Å². The van der Waals surface area contributed by atoms with Gasteiger partial charge in [-0.05, 0) is 12.1 Å². The second-order valence-electron chi connectivity index (χ2n) is 3.22. The Morgan fingerprint density at radius 3 is 3.06 bits per heavy atom. The van der Waals surface area contributed by atoms with Gasteiger partial charge in [0.25, 0.3) is 0 Å². The Kier molecular flexibility index (Phi) is 3.15. The van der Waals surface area contributed by atoms with E-state index in [-0.39, 0.29) is 6.03 Å². The third-order valence-electron chi connectivity index (χ3n) is 2.09. The second kappa shape index (κ2) is 4.74. The van der Waals surface area contributed by atoms with Crippen LogP contribution in [0, 0.1) is 4.77 Å². The second-order valence-corrected chi connectivity index (χ2v) is 3.61. The number of urea groups is 1. The number of amides is 2. The van der Waals surface area contributed by atoms with Crippen LogP contribution >= 0.6 is 12.2 Å². The number of hydrogen-bond acceptors (Lipinski definition) is 3. The zero-order chi connectivity index (χ0) is 12.3. The number of rotatable bonds is 2. The first-order valence-corrected chi connectivity index (χ1v) is 5.26. The molecule has 8 heteroatoms. The Labute approximate surface area is 102 Å². The van der Waals surface area contributed by atoms with Crippen LogP contribution in [-0.2, 0) is 0 Å². The Morgan fingerprint density at radius 1 is 1.59 bits per heavy atom. The number of hydrogen-bond donors (Lipinski definition) is 3. The summed E-state index contributed by atoms with van der Waals surface area (Å²) in [6.45, 7) is 0. The van der Waals surface area contributed by atoms with Crippen molar-refractivity contribution in [3.05, 3.63) is 29.0 Å². The average Bonchev–Trinajstić information content (AvgIpc) is 2.75. The molecule has 7 nitrogen and oxygen atoms in total. The van der Waals surface area contributed by atoms with Gasteiger partial charge in [0.1, 0.15) is 5.69 Å². The van der Waals surface area contributed by atoms with Crippen molar-refractivity contribution in [3.63, 3.8) is 0 Å². The number of benzene rings is 1. The summed E-state index contributed by atoms with van der Waals surface area (Å²) in [6, 6.07) is 6.93. The summed E-state index contributed by atoms with van der Waals surface area (Å²) in [5.74, 6) is 0. The summed E-state index contributed by atoms with van der Waals surface area (Å²) in [5.41, 5.74) is 1.44. The SMILES string of the molecule is CNC(=O)Nc1cccc(-n2[nH]n[nH+]c2=S)c1. The van der Waals surface area contributed by atoms with Gasteiger partial charge in [0.15, 0.2) is 0 Å². The highest BCUT2D eigenvalue weighted by Crippen LogP contribution is 2.13. The Morgan fingerprint density at radius 2 is 2.41 bits per heavy atom. The zero-order valence-electron chi connectivity index (χ0n) is 9.02. The minimum atomic E-state index is -0.276. The molecule has 0 fully saturated rings. The van der Waals surface area contributed by atoms with Crippen LogP contribution in [0.5, 0.6) is 0 Å². The predicted octanol–water partition coefficient (Wildman–Crippen LogP) is 0.495. The summed E-state index contributed by atoms with van der Waals surface area (Å²) in [7, 11) is 1.55. The lowest BCUT2D eigenvalue weighted by Gasteiger charge is -2.04. The van der Waals surface area contributed by atoms with Crippen LogP contribution in [0.3, 0.4) is 0 Å². The Hall–Kier alpha value is -2.22. The fourth-order valence-electron chi connectivity index (χ4n) is 1.31. The molecule has 1 heterocycles. The lowest BCUT2D eigenvalue weighted by molar-refractivity contribution is -0.464. The smallest absolute Gasteiger partial charge is 0.341 e. The molecule has 1 aromatic carbocycles. The number of aromatic amines is 2. The number of anilines is 1. The van der Waals surface area contributed by atoms with Crippen LogP contribution in [0.25, 0.3) is 5.69 Å². The van der Waals surface area contributed by atoms with Gasteiger partial charge in [-0.25, -0.2) is 4.79 Å². The third kappa shape index (κ3) is 2.48. The molecule has 0 spiro atoms. The number of carbonyl (C=O) groups is 1. The molecule has 88 valence electrons. The normalized spacial score (nSPS) is 9.94. The minimum Gasteiger partial charge on any atom is -0.341 e. The highest BCUT2D eigenvalue weighted by atomic mass is 32.1. The van der Waals surface area contributed by atoms with Gasteiger partial charge in [0.05, 0.1) is 5.21 Å². The summed E-state index contributed by atoms with van der Waals surface area (Å²) >= 11 is 5.04. The standard InChI is InChI=1S/C9H10N6OS/c1-10-8(16)11-6-3-2-4-7(5-6)15-9(17)12-13-14-15/h2-5H,1H3,(H2,10,11,16)(H,12,14,17)/p+1. The molecule has 0 aliphatic heterocycles. The molecular weight excluding hydrogens is 240 g/mol. The molecule has 2 amide bonds. The van der Waals surface area contributed by atoms with Crippen LogP contribution in [0.4, 0.5) is 10.5 Å². The molecule has 0 bridgehead atoms. The first kappa shape index (κ1) is 11.3. The van der Waals surface area contributed by atoms with Crippen LogP contribution in [0.2, 0.25) is 0 Å². The Bertz CT molecular complexity index is 589. The van der Waals surface area contributed by atoms with Crippen LogP contribution in [-0.4, -0.2) is 28.2 Å². The highest BCUT2D eigenvalue weighted by molar-refractivity contribution is 7.71. The molecule has 0 radical (unpaired) electrons. The van der Waals surface area contributed by atoms with Crippen molar-refractivity contribution in [2.45, 2.75) is 0 Å². The van der Waals surface area contributed by atoms with Crippen molar-refractivity contribution >= 4 is 23.9 Å². The summed E-state index contributed by atoms with van der Waals surface area (Å²) in [4.78, 5) is 11.2. The van der Waals surface area contributed by atoms with Gasteiger partial charge in [-0.3, -0.25) is 0 Å². The first-order chi connectivity index (χ1) is 8.20. The molecule has 0 aliphatic rings. The van der Waals surface area contributed by atoms with E-state index in [1.807, 2.05) is 12.1 Å². The molecule has 2 aromatic rings. The third-order valence-corrected chi connectivity index (χ3v) is 2.37. The van der Waals surface area contributed by atoms with E-state index in [4.69, 9.17) is 12.2 Å². The van der Waals surface area contributed by atoms with E-state index in [1.54, 1.807) is 23.9 Å². The highest BCUT2D eigenvalue weighted by Gasteiger charge is 2.08. The number of aromatic nitrogens is 4. The molecule has 2 rings (SSSR count). The van der Waals surface area contributed by atoms with Crippen molar-refractivity contribution < 1.29 is 9.89 Å². The zero-order valence-corrected chi connectivity index (χ0v) is 9.84. The van der Waals surface area contributed by atoms with E-state index in [0.29, 0.717) is 10.5 Å². The number of H-pyrrole nitrogens is 2. The van der Waals surface area contributed by atoms with E-state index in [9.17, 15) is 4.79 Å². The van der Waals surface area contributed by atoms with Gasteiger partial charge in [-0.2, -0.15) is 0 Å². The molecule has 4 N–H and O–H groups in total.